The summed E-state index contributed by atoms with van der Waals surface area (Å²) in [7, 11) is 0. The van der Waals surface area contributed by atoms with Gasteiger partial charge in [0.2, 0.25) is 0 Å². The van der Waals surface area contributed by atoms with E-state index in [9.17, 15) is 4.79 Å². The molecule has 2 rings (SSSR count). The van der Waals surface area contributed by atoms with Crippen molar-refractivity contribution < 1.29 is 14.6 Å². The minimum atomic E-state index is -0.326. The van der Waals surface area contributed by atoms with Crippen molar-refractivity contribution >= 4 is 11.7 Å². The van der Waals surface area contributed by atoms with Crippen molar-refractivity contribution in [2.75, 3.05) is 31.2 Å². The highest BCUT2D eigenvalue weighted by atomic mass is 16.5. The molecule has 21 heavy (non-hydrogen) atoms. The van der Waals surface area contributed by atoms with Gasteiger partial charge in [0.1, 0.15) is 6.61 Å². The second-order valence-electron chi connectivity index (χ2n) is 4.55. The highest BCUT2D eigenvalue weighted by molar-refractivity contribution is 5.89. The molecule has 0 aliphatic heterocycles. The average molecular weight is 285 g/mol. The summed E-state index contributed by atoms with van der Waals surface area (Å²) in [5.74, 6) is -0.326. The fourth-order valence-electron chi connectivity index (χ4n) is 2.04. The number of nitrogens with zero attached hydrogens (tertiary/aromatic N) is 1. The first-order valence-corrected chi connectivity index (χ1v) is 6.94. The zero-order chi connectivity index (χ0) is 14.9. The van der Waals surface area contributed by atoms with E-state index in [1.165, 1.54) is 0 Å². The molecule has 0 amide bonds. The van der Waals surface area contributed by atoms with Gasteiger partial charge in [-0.15, -0.1) is 0 Å². The summed E-state index contributed by atoms with van der Waals surface area (Å²) in [6, 6.07) is 18.7. The molecule has 0 aliphatic carbocycles. The maximum atomic E-state index is 11.8. The Morgan fingerprint density at radius 1 is 0.952 bits per heavy atom. The van der Waals surface area contributed by atoms with Crippen molar-refractivity contribution in [2.45, 2.75) is 0 Å². The van der Waals surface area contributed by atoms with Gasteiger partial charge in [-0.25, -0.2) is 4.79 Å². The Kier molecular flexibility index (Phi) is 5.79. The first-order chi connectivity index (χ1) is 10.3. The van der Waals surface area contributed by atoms with E-state index in [0.29, 0.717) is 18.7 Å². The van der Waals surface area contributed by atoms with Gasteiger partial charge in [0.15, 0.2) is 0 Å². The first-order valence-electron chi connectivity index (χ1n) is 6.94. The molecule has 0 atom stereocenters. The fourth-order valence-corrected chi connectivity index (χ4v) is 2.04. The number of esters is 1. The van der Waals surface area contributed by atoms with Crippen LogP contribution in [0.15, 0.2) is 60.7 Å². The number of ether oxygens (including phenoxy) is 1. The summed E-state index contributed by atoms with van der Waals surface area (Å²) in [4.78, 5) is 13.8. The van der Waals surface area contributed by atoms with Crippen molar-refractivity contribution in [3.63, 3.8) is 0 Å². The summed E-state index contributed by atoms with van der Waals surface area (Å²) in [6.07, 6.45) is 0. The molecule has 2 aromatic carbocycles. The number of hydrogen-bond acceptors (Lipinski definition) is 4. The maximum absolute atomic E-state index is 11.8. The number of anilines is 1. The Hall–Kier alpha value is -2.33. The van der Waals surface area contributed by atoms with Crippen molar-refractivity contribution in [2.24, 2.45) is 0 Å². The summed E-state index contributed by atoms with van der Waals surface area (Å²) in [6.45, 7) is 1.39. The number of carbonyl (C=O) groups excluding carboxylic acids is 1. The van der Waals surface area contributed by atoms with E-state index in [4.69, 9.17) is 9.84 Å². The van der Waals surface area contributed by atoms with Crippen LogP contribution in [0.4, 0.5) is 5.69 Å². The zero-order valence-corrected chi connectivity index (χ0v) is 11.8. The number of aliphatic hydroxyl groups excluding tert-OH is 1. The highest BCUT2D eigenvalue weighted by Gasteiger charge is 2.09. The van der Waals surface area contributed by atoms with E-state index in [-0.39, 0.29) is 19.2 Å². The molecule has 0 aromatic heterocycles. The SMILES string of the molecule is O=C(OCCN(CCO)c1ccccc1)c1ccccc1. The van der Waals surface area contributed by atoms with Crippen LogP contribution in [0.1, 0.15) is 10.4 Å². The Morgan fingerprint density at radius 2 is 1.57 bits per heavy atom. The molecule has 0 fully saturated rings. The van der Waals surface area contributed by atoms with Crippen LogP contribution < -0.4 is 4.90 Å². The third kappa shape index (κ3) is 4.61. The predicted molar refractivity (Wildman–Crippen MR) is 82.5 cm³/mol. The van der Waals surface area contributed by atoms with E-state index in [2.05, 4.69) is 0 Å². The van der Waals surface area contributed by atoms with E-state index < -0.39 is 0 Å². The number of hydrogen-bond donors (Lipinski definition) is 1. The molecule has 0 spiro atoms. The van der Waals surface area contributed by atoms with Crippen molar-refractivity contribution in [3.05, 3.63) is 66.2 Å². The molecule has 0 unspecified atom stereocenters. The lowest BCUT2D eigenvalue weighted by molar-refractivity contribution is 0.0514. The third-order valence-electron chi connectivity index (χ3n) is 3.10. The largest absolute Gasteiger partial charge is 0.460 e. The second kappa shape index (κ2) is 8.07. The predicted octanol–water partition coefficient (Wildman–Crippen LogP) is 2.34. The lowest BCUT2D eigenvalue weighted by Gasteiger charge is -2.23. The summed E-state index contributed by atoms with van der Waals surface area (Å²) < 4.78 is 5.26. The average Bonchev–Trinajstić information content (AvgIpc) is 2.55. The van der Waals surface area contributed by atoms with Crippen molar-refractivity contribution in [1.29, 1.82) is 0 Å². The molecule has 0 saturated carbocycles. The Balaban J connectivity index is 1.87. The van der Waals surface area contributed by atoms with Gasteiger partial charge < -0.3 is 14.7 Å². The molecule has 1 N–H and O–H groups in total. The van der Waals surface area contributed by atoms with Gasteiger partial charge >= 0.3 is 5.97 Å². The molecule has 0 bridgehead atoms. The molecular weight excluding hydrogens is 266 g/mol. The molecule has 0 radical (unpaired) electrons. The van der Waals surface area contributed by atoms with E-state index in [1.807, 2.05) is 41.3 Å². The van der Waals surface area contributed by atoms with Crippen LogP contribution in [0.2, 0.25) is 0 Å². The Morgan fingerprint density at radius 3 is 2.19 bits per heavy atom. The molecule has 110 valence electrons. The van der Waals surface area contributed by atoms with Crippen molar-refractivity contribution in [1.82, 2.24) is 0 Å². The molecule has 4 nitrogen and oxygen atoms in total. The minimum absolute atomic E-state index is 0.0571. The smallest absolute Gasteiger partial charge is 0.338 e. The van der Waals surface area contributed by atoms with Crippen LogP contribution >= 0.6 is 0 Å². The Labute approximate surface area is 124 Å². The maximum Gasteiger partial charge on any atom is 0.338 e. The van der Waals surface area contributed by atoms with E-state index in [0.717, 1.165) is 5.69 Å². The third-order valence-corrected chi connectivity index (χ3v) is 3.10. The summed E-state index contributed by atoms with van der Waals surface area (Å²) in [5, 5.41) is 9.14. The number of carbonyl (C=O) groups is 1. The quantitative estimate of drug-likeness (QED) is 0.793. The van der Waals surface area contributed by atoms with Gasteiger partial charge in [-0.2, -0.15) is 0 Å². The lowest BCUT2D eigenvalue weighted by atomic mass is 10.2. The lowest BCUT2D eigenvalue weighted by Crippen LogP contribution is -2.30. The standard InChI is InChI=1S/C17H19NO3/c19-13-11-18(16-9-5-2-6-10-16)12-14-21-17(20)15-7-3-1-4-8-15/h1-10,19H,11-14H2. The van der Waals surface area contributed by atoms with Crippen LogP contribution in [0, 0.1) is 0 Å². The second-order valence-corrected chi connectivity index (χ2v) is 4.55. The molecule has 4 heteroatoms. The molecule has 0 saturated heterocycles. The first kappa shape index (κ1) is 15.1. The number of rotatable bonds is 7. The van der Waals surface area contributed by atoms with Gasteiger partial charge in [0, 0.05) is 12.2 Å². The molecule has 0 heterocycles. The molecular formula is C17H19NO3. The number of para-hydroxylation sites is 1. The van der Waals surface area contributed by atoms with Gasteiger partial charge in [-0.05, 0) is 24.3 Å². The highest BCUT2D eigenvalue weighted by Crippen LogP contribution is 2.12. The van der Waals surface area contributed by atoms with E-state index in [1.54, 1.807) is 24.3 Å². The molecule has 0 aliphatic rings. The van der Waals surface area contributed by atoms with Gasteiger partial charge in [-0.1, -0.05) is 36.4 Å². The topological polar surface area (TPSA) is 49.8 Å². The van der Waals surface area contributed by atoms with Crippen LogP contribution in [0.3, 0.4) is 0 Å². The van der Waals surface area contributed by atoms with E-state index >= 15 is 0 Å². The summed E-state index contributed by atoms with van der Waals surface area (Å²) in [5.41, 5.74) is 1.55. The normalized spacial score (nSPS) is 10.1. The monoisotopic (exact) mass is 285 g/mol. The van der Waals surface area contributed by atoms with Crippen molar-refractivity contribution in [3.8, 4) is 0 Å². The van der Waals surface area contributed by atoms with Gasteiger partial charge in [0.25, 0.3) is 0 Å². The van der Waals surface area contributed by atoms with Gasteiger partial charge in [0.05, 0.1) is 18.7 Å². The van der Waals surface area contributed by atoms with Gasteiger partial charge in [-0.3, -0.25) is 0 Å². The Bertz CT molecular complexity index is 542. The van der Waals surface area contributed by atoms with Crippen LogP contribution in [0.25, 0.3) is 0 Å². The van der Waals surface area contributed by atoms with Crippen LogP contribution in [-0.4, -0.2) is 37.4 Å². The zero-order valence-electron chi connectivity index (χ0n) is 11.8. The number of aliphatic hydroxyl groups is 1. The number of benzene rings is 2. The minimum Gasteiger partial charge on any atom is -0.460 e. The van der Waals surface area contributed by atoms with Crippen LogP contribution in [0.5, 0.6) is 0 Å². The summed E-state index contributed by atoms with van der Waals surface area (Å²) >= 11 is 0. The van der Waals surface area contributed by atoms with Crippen LogP contribution in [-0.2, 0) is 4.74 Å². The molecule has 2 aromatic rings. The fraction of sp³-hybridized carbons (Fsp3) is 0.235.